The molecule has 0 saturated heterocycles. The van der Waals surface area contributed by atoms with Gasteiger partial charge in [0.1, 0.15) is 11.5 Å². The predicted octanol–water partition coefficient (Wildman–Crippen LogP) is 2.26. The Balaban J connectivity index is 2.78. The largest absolute Gasteiger partial charge is 0.497 e. The molecule has 1 rings (SSSR count). The van der Waals surface area contributed by atoms with Gasteiger partial charge in [0.05, 0.1) is 14.2 Å². The molecule has 0 radical (unpaired) electrons. The molecule has 0 bridgehead atoms. The van der Waals surface area contributed by atoms with Gasteiger partial charge >= 0.3 is 0 Å². The minimum absolute atomic E-state index is 0.236. The third-order valence-corrected chi connectivity index (χ3v) is 2.68. The van der Waals surface area contributed by atoms with Crippen LogP contribution in [0.5, 0.6) is 11.5 Å². The van der Waals surface area contributed by atoms with E-state index in [0.29, 0.717) is 5.92 Å². The van der Waals surface area contributed by atoms with Crippen molar-refractivity contribution in [1.82, 2.24) is 0 Å². The number of aliphatic hydroxyl groups is 1. The molecule has 0 aliphatic heterocycles. The number of rotatable bonds is 6. The van der Waals surface area contributed by atoms with Crippen LogP contribution in [0, 0.1) is 5.92 Å². The van der Waals surface area contributed by atoms with Gasteiger partial charge in [0.15, 0.2) is 0 Å². The first kappa shape index (κ1) is 12.8. The third-order valence-electron chi connectivity index (χ3n) is 2.68. The Morgan fingerprint density at radius 3 is 2.56 bits per heavy atom. The van der Waals surface area contributed by atoms with Crippen molar-refractivity contribution < 1.29 is 14.6 Å². The van der Waals surface area contributed by atoms with E-state index in [1.807, 2.05) is 18.2 Å². The molecule has 3 nitrogen and oxygen atoms in total. The molecule has 0 aromatic heterocycles. The van der Waals surface area contributed by atoms with Crippen molar-refractivity contribution in [3.8, 4) is 11.5 Å². The lowest BCUT2D eigenvalue weighted by atomic mass is 9.98. The molecule has 0 aliphatic rings. The highest BCUT2D eigenvalue weighted by Gasteiger charge is 2.09. The second-order valence-electron chi connectivity index (χ2n) is 4.00. The zero-order chi connectivity index (χ0) is 12.0. The zero-order valence-electron chi connectivity index (χ0n) is 10.2. The van der Waals surface area contributed by atoms with Gasteiger partial charge in [-0.1, -0.05) is 13.0 Å². The maximum absolute atomic E-state index is 8.87. The highest BCUT2D eigenvalue weighted by molar-refractivity contribution is 5.40. The summed E-state index contributed by atoms with van der Waals surface area (Å²) in [6.07, 6.45) is 1.73. The van der Waals surface area contributed by atoms with E-state index in [2.05, 4.69) is 6.92 Å². The zero-order valence-corrected chi connectivity index (χ0v) is 10.2. The molecule has 1 atom stereocenters. The maximum Gasteiger partial charge on any atom is 0.125 e. The summed E-state index contributed by atoms with van der Waals surface area (Å²) in [5.74, 6) is 2.10. The van der Waals surface area contributed by atoms with Gasteiger partial charge in [0.25, 0.3) is 0 Å². The van der Waals surface area contributed by atoms with Gasteiger partial charge in [-0.2, -0.15) is 0 Å². The topological polar surface area (TPSA) is 38.7 Å². The van der Waals surface area contributed by atoms with Crippen molar-refractivity contribution in [2.75, 3.05) is 20.8 Å². The molecule has 0 amide bonds. The van der Waals surface area contributed by atoms with Crippen molar-refractivity contribution in [3.63, 3.8) is 0 Å². The summed E-state index contributed by atoms with van der Waals surface area (Å²) in [5.41, 5.74) is 1.16. The van der Waals surface area contributed by atoms with Crippen LogP contribution in [0.25, 0.3) is 0 Å². The van der Waals surface area contributed by atoms with Gasteiger partial charge in [-0.25, -0.2) is 0 Å². The molecule has 1 aromatic rings. The van der Waals surface area contributed by atoms with E-state index in [-0.39, 0.29) is 6.61 Å². The fraction of sp³-hybridized carbons (Fsp3) is 0.538. The molecule has 16 heavy (non-hydrogen) atoms. The second kappa shape index (κ2) is 6.38. The summed E-state index contributed by atoms with van der Waals surface area (Å²) in [6, 6.07) is 5.84. The van der Waals surface area contributed by atoms with Gasteiger partial charge in [0.2, 0.25) is 0 Å². The van der Waals surface area contributed by atoms with Crippen LogP contribution in [0.1, 0.15) is 18.9 Å². The van der Waals surface area contributed by atoms with Gasteiger partial charge in [-0.05, 0) is 30.4 Å². The van der Waals surface area contributed by atoms with Crippen molar-refractivity contribution in [2.24, 2.45) is 5.92 Å². The van der Waals surface area contributed by atoms with Crippen LogP contribution in [0.2, 0.25) is 0 Å². The summed E-state index contributed by atoms with van der Waals surface area (Å²) in [4.78, 5) is 0. The molecule has 0 fully saturated rings. The summed E-state index contributed by atoms with van der Waals surface area (Å²) >= 11 is 0. The standard InChI is InChI=1S/C13H20O3/c1-10(6-7-14)8-11-4-5-12(15-2)9-13(11)16-3/h4-5,9-10,14H,6-8H2,1-3H3. The number of ether oxygens (including phenoxy) is 2. The Morgan fingerprint density at radius 1 is 1.25 bits per heavy atom. The van der Waals surface area contributed by atoms with E-state index in [1.54, 1.807) is 14.2 Å². The molecular formula is C13H20O3. The number of hydrogen-bond acceptors (Lipinski definition) is 3. The maximum atomic E-state index is 8.87. The average Bonchev–Trinajstić information content (AvgIpc) is 2.30. The highest BCUT2D eigenvalue weighted by atomic mass is 16.5. The van der Waals surface area contributed by atoms with E-state index in [1.165, 1.54) is 0 Å². The lowest BCUT2D eigenvalue weighted by molar-refractivity contribution is 0.261. The van der Waals surface area contributed by atoms with E-state index in [4.69, 9.17) is 14.6 Å². The van der Waals surface area contributed by atoms with Crippen LogP contribution in [-0.2, 0) is 6.42 Å². The molecule has 0 heterocycles. The minimum atomic E-state index is 0.236. The van der Waals surface area contributed by atoms with Crippen LogP contribution in [-0.4, -0.2) is 25.9 Å². The normalized spacial score (nSPS) is 12.2. The predicted molar refractivity (Wildman–Crippen MR) is 64.1 cm³/mol. The molecule has 90 valence electrons. The Labute approximate surface area is 97.0 Å². The summed E-state index contributed by atoms with van der Waals surface area (Å²) in [6.45, 7) is 2.36. The summed E-state index contributed by atoms with van der Waals surface area (Å²) in [7, 11) is 3.30. The Bertz CT molecular complexity index is 323. The lowest BCUT2D eigenvalue weighted by Crippen LogP contribution is -2.04. The van der Waals surface area contributed by atoms with Crippen LogP contribution in [0.3, 0.4) is 0 Å². The van der Waals surface area contributed by atoms with E-state index < -0.39 is 0 Å². The van der Waals surface area contributed by atoms with Crippen LogP contribution < -0.4 is 9.47 Å². The molecule has 1 N–H and O–H groups in total. The van der Waals surface area contributed by atoms with Gasteiger partial charge in [-0.15, -0.1) is 0 Å². The van der Waals surface area contributed by atoms with Crippen molar-refractivity contribution in [2.45, 2.75) is 19.8 Å². The number of benzene rings is 1. The van der Waals surface area contributed by atoms with Crippen LogP contribution in [0.15, 0.2) is 18.2 Å². The number of hydrogen-bond donors (Lipinski definition) is 1. The third kappa shape index (κ3) is 3.42. The monoisotopic (exact) mass is 224 g/mol. The molecule has 1 aromatic carbocycles. The first-order valence-electron chi connectivity index (χ1n) is 5.53. The molecule has 1 unspecified atom stereocenters. The second-order valence-corrected chi connectivity index (χ2v) is 4.00. The fourth-order valence-electron chi connectivity index (χ4n) is 1.72. The Morgan fingerprint density at radius 2 is 2.00 bits per heavy atom. The quantitative estimate of drug-likeness (QED) is 0.805. The van der Waals surface area contributed by atoms with E-state index in [0.717, 1.165) is 29.9 Å². The highest BCUT2D eigenvalue weighted by Crippen LogP contribution is 2.27. The van der Waals surface area contributed by atoms with Crippen molar-refractivity contribution in [1.29, 1.82) is 0 Å². The Kier molecular flexibility index (Phi) is 5.12. The fourth-order valence-corrected chi connectivity index (χ4v) is 1.72. The van der Waals surface area contributed by atoms with E-state index >= 15 is 0 Å². The van der Waals surface area contributed by atoms with Crippen molar-refractivity contribution in [3.05, 3.63) is 23.8 Å². The molecular weight excluding hydrogens is 204 g/mol. The number of aliphatic hydroxyl groups excluding tert-OH is 1. The lowest BCUT2D eigenvalue weighted by Gasteiger charge is -2.14. The summed E-state index contributed by atoms with van der Waals surface area (Å²) < 4.78 is 10.5. The minimum Gasteiger partial charge on any atom is -0.497 e. The first-order valence-corrected chi connectivity index (χ1v) is 5.53. The van der Waals surface area contributed by atoms with Gasteiger partial charge in [-0.3, -0.25) is 0 Å². The molecule has 0 saturated carbocycles. The number of methoxy groups -OCH3 is 2. The van der Waals surface area contributed by atoms with Gasteiger partial charge < -0.3 is 14.6 Å². The average molecular weight is 224 g/mol. The molecule has 0 spiro atoms. The van der Waals surface area contributed by atoms with Crippen molar-refractivity contribution >= 4 is 0 Å². The summed E-state index contributed by atoms with van der Waals surface area (Å²) in [5, 5.41) is 8.87. The van der Waals surface area contributed by atoms with Crippen LogP contribution in [0.4, 0.5) is 0 Å². The van der Waals surface area contributed by atoms with E-state index in [9.17, 15) is 0 Å². The van der Waals surface area contributed by atoms with Gasteiger partial charge in [0, 0.05) is 12.7 Å². The smallest absolute Gasteiger partial charge is 0.125 e. The Hall–Kier alpha value is -1.22. The molecule has 3 heteroatoms. The first-order chi connectivity index (χ1) is 7.71. The SMILES string of the molecule is COc1ccc(CC(C)CCO)c(OC)c1. The molecule has 0 aliphatic carbocycles. The van der Waals surface area contributed by atoms with Crippen LogP contribution >= 0.6 is 0 Å².